The molecule has 0 spiro atoms. The van der Waals surface area contributed by atoms with E-state index in [1.54, 1.807) is 0 Å². The lowest BCUT2D eigenvalue weighted by Gasteiger charge is -2.27. The van der Waals surface area contributed by atoms with E-state index in [2.05, 4.69) is 4.72 Å². The van der Waals surface area contributed by atoms with Crippen molar-refractivity contribution in [2.24, 2.45) is 5.92 Å². The van der Waals surface area contributed by atoms with Crippen LogP contribution in [-0.4, -0.2) is 45.6 Å². The highest BCUT2D eigenvalue weighted by Gasteiger charge is 2.24. The summed E-state index contributed by atoms with van der Waals surface area (Å²) < 4.78 is 30.2. The van der Waals surface area contributed by atoms with E-state index < -0.39 is 10.0 Å². The Morgan fingerprint density at radius 1 is 1.38 bits per heavy atom. The summed E-state index contributed by atoms with van der Waals surface area (Å²) in [6, 6.07) is 0. The van der Waals surface area contributed by atoms with Gasteiger partial charge in [0.25, 0.3) is 0 Å². The largest absolute Gasteiger partial charge is 0.393 e. The lowest BCUT2D eigenvalue weighted by Crippen LogP contribution is -2.38. The molecule has 1 rings (SSSR count). The van der Waals surface area contributed by atoms with Gasteiger partial charge < -0.3 is 9.84 Å². The fraction of sp³-hybridized carbons (Fsp3) is 1.00. The van der Waals surface area contributed by atoms with Crippen molar-refractivity contribution in [3.8, 4) is 0 Å². The van der Waals surface area contributed by atoms with Gasteiger partial charge in [-0.3, -0.25) is 0 Å². The van der Waals surface area contributed by atoms with E-state index in [0.717, 1.165) is 25.7 Å². The minimum Gasteiger partial charge on any atom is -0.393 e. The van der Waals surface area contributed by atoms with Crippen molar-refractivity contribution in [1.29, 1.82) is 0 Å². The minimum absolute atomic E-state index is 0.0215. The third kappa shape index (κ3) is 4.78. The maximum atomic E-state index is 11.5. The molecule has 0 aromatic carbocycles. The summed E-state index contributed by atoms with van der Waals surface area (Å²) in [7, 11) is -1.78. The second-order valence-electron chi connectivity index (χ2n) is 4.27. The van der Waals surface area contributed by atoms with Crippen LogP contribution in [0.25, 0.3) is 0 Å². The molecule has 1 saturated carbocycles. The van der Waals surface area contributed by atoms with Gasteiger partial charge in [0, 0.05) is 13.7 Å². The van der Waals surface area contributed by atoms with Crippen LogP contribution in [0.3, 0.4) is 0 Å². The molecule has 1 fully saturated rings. The van der Waals surface area contributed by atoms with Gasteiger partial charge in [0.2, 0.25) is 10.0 Å². The molecule has 5 nitrogen and oxygen atoms in total. The van der Waals surface area contributed by atoms with Gasteiger partial charge in [-0.25, -0.2) is 13.1 Å². The van der Waals surface area contributed by atoms with Gasteiger partial charge in [-0.2, -0.15) is 0 Å². The third-order valence-electron chi connectivity index (χ3n) is 2.99. The molecule has 0 heterocycles. The molecule has 0 saturated heterocycles. The summed E-state index contributed by atoms with van der Waals surface area (Å²) in [5.41, 5.74) is 0. The zero-order valence-electron chi connectivity index (χ0n) is 9.68. The number of ether oxygens (including phenoxy) is 1. The van der Waals surface area contributed by atoms with E-state index in [4.69, 9.17) is 4.74 Å². The lowest BCUT2D eigenvalue weighted by atomic mass is 9.87. The molecule has 6 heteroatoms. The molecule has 2 atom stereocenters. The van der Waals surface area contributed by atoms with Crippen molar-refractivity contribution >= 4 is 10.0 Å². The van der Waals surface area contributed by atoms with E-state index in [9.17, 15) is 13.5 Å². The van der Waals surface area contributed by atoms with Crippen LogP contribution >= 0.6 is 0 Å². The average Bonchev–Trinajstić information content (AvgIpc) is 2.26. The lowest BCUT2D eigenvalue weighted by molar-refractivity contribution is 0.0724. The minimum atomic E-state index is -3.25. The summed E-state index contributed by atoms with van der Waals surface area (Å²) in [6.45, 7) is 0.537. The van der Waals surface area contributed by atoms with E-state index in [-0.39, 0.29) is 24.4 Å². The highest BCUT2D eigenvalue weighted by molar-refractivity contribution is 7.89. The normalized spacial score (nSPS) is 26.9. The number of rotatable bonds is 6. The van der Waals surface area contributed by atoms with Crippen molar-refractivity contribution in [3.05, 3.63) is 0 Å². The predicted molar refractivity (Wildman–Crippen MR) is 61.6 cm³/mol. The maximum absolute atomic E-state index is 11.5. The first-order valence-corrected chi connectivity index (χ1v) is 7.35. The van der Waals surface area contributed by atoms with Gasteiger partial charge in [-0.1, -0.05) is 12.8 Å². The number of hydrogen-bond acceptors (Lipinski definition) is 4. The molecule has 0 aromatic heterocycles. The zero-order valence-corrected chi connectivity index (χ0v) is 10.5. The van der Waals surface area contributed by atoms with Gasteiger partial charge in [0.05, 0.1) is 18.5 Å². The summed E-state index contributed by atoms with van der Waals surface area (Å²) in [5, 5.41) is 9.68. The molecule has 0 bridgehead atoms. The molecular weight excluding hydrogens is 230 g/mol. The topological polar surface area (TPSA) is 75.6 Å². The predicted octanol–water partition coefficient (Wildman–Crippen LogP) is 0.103. The van der Waals surface area contributed by atoms with Gasteiger partial charge in [0.15, 0.2) is 0 Å². The second kappa shape index (κ2) is 6.54. The fourth-order valence-corrected chi connectivity index (χ4v) is 2.92. The molecule has 0 aliphatic heterocycles. The fourth-order valence-electron chi connectivity index (χ4n) is 1.93. The van der Waals surface area contributed by atoms with Crippen molar-refractivity contribution in [2.75, 3.05) is 26.0 Å². The molecule has 0 aromatic rings. The first-order valence-electron chi connectivity index (χ1n) is 5.69. The molecule has 0 radical (unpaired) electrons. The zero-order chi connectivity index (χ0) is 12.0. The number of sulfonamides is 1. The molecule has 1 aliphatic carbocycles. The van der Waals surface area contributed by atoms with Crippen LogP contribution in [0.1, 0.15) is 25.7 Å². The Kier molecular flexibility index (Phi) is 5.68. The average molecular weight is 251 g/mol. The highest BCUT2D eigenvalue weighted by atomic mass is 32.2. The van der Waals surface area contributed by atoms with Gasteiger partial charge >= 0.3 is 0 Å². The first-order chi connectivity index (χ1) is 7.55. The third-order valence-corrected chi connectivity index (χ3v) is 4.30. The number of methoxy groups -OCH3 is 1. The SMILES string of the molecule is COCCS(=O)(=O)NCC1CCCCC1O. The van der Waals surface area contributed by atoms with Crippen LogP contribution < -0.4 is 4.72 Å². The Labute approximate surface area is 97.2 Å². The van der Waals surface area contributed by atoms with E-state index in [1.165, 1.54) is 7.11 Å². The van der Waals surface area contributed by atoms with Gasteiger partial charge in [-0.05, 0) is 18.8 Å². The first kappa shape index (κ1) is 13.9. The van der Waals surface area contributed by atoms with Gasteiger partial charge in [-0.15, -0.1) is 0 Å². The molecule has 0 amide bonds. The van der Waals surface area contributed by atoms with Crippen LogP contribution in [0, 0.1) is 5.92 Å². The van der Waals surface area contributed by atoms with Crippen LogP contribution in [-0.2, 0) is 14.8 Å². The maximum Gasteiger partial charge on any atom is 0.213 e. The number of hydrogen-bond donors (Lipinski definition) is 2. The standard InChI is InChI=1S/C10H21NO4S/c1-15-6-7-16(13,14)11-8-9-4-2-3-5-10(9)12/h9-12H,2-8H2,1H3. The Morgan fingerprint density at radius 2 is 2.06 bits per heavy atom. The van der Waals surface area contributed by atoms with Crippen LogP contribution in [0.5, 0.6) is 0 Å². The van der Waals surface area contributed by atoms with Crippen molar-refractivity contribution in [1.82, 2.24) is 4.72 Å². The quantitative estimate of drug-likeness (QED) is 0.702. The Hall–Kier alpha value is -0.170. The molecule has 1 aliphatic rings. The van der Waals surface area contributed by atoms with Crippen LogP contribution in [0.4, 0.5) is 0 Å². The Bertz CT molecular complexity index is 291. The van der Waals surface area contributed by atoms with Crippen LogP contribution in [0.15, 0.2) is 0 Å². The van der Waals surface area contributed by atoms with Gasteiger partial charge in [0.1, 0.15) is 0 Å². The van der Waals surface area contributed by atoms with Crippen LogP contribution in [0.2, 0.25) is 0 Å². The second-order valence-corrected chi connectivity index (χ2v) is 6.20. The van der Waals surface area contributed by atoms with Crippen molar-refractivity contribution in [3.63, 3.8) is 0 Å². The van der Waals surface area contributed by atoms with Crippen molar-refractivity contribution in [2.45, 2.75) is 31.8 Å². The van der Waals surface area contributed by atoms with E-state index in [0.29, 0.717) is 6.54 Å². The molecular formula is C10H21NO4S. The Morgan fingerprint density at radius 3 is 2.69 bits per heavy atom. The summed E-state index contributed by atoms with van der Waals surface area (Å²) in [6.07, 6.45) is 3.42. The van der Waals surface area contributed by atoms with E-state index in [1.807, 2.05) is 0 Å². The van der Waals surface area contributed by atoms with E-state index >= 15 is 0 Å². The highest BCUT2D eigenvalue weighted by Crippen LogP contribution is 2.23. The number of aliphatic hydroxyl groups excluding tert-OH is 1. The Balaban J connectivity index is 2.32. The summed E-state index contributed by atoms with van der Waals surface area (Å²) in [5.74, 6) is 0.0397. The summed E-state index contributed by atoms with van der Waals surface area (Å²) >= 11 is 0. The number of aliphatic hydroxyl groups is 1. The molecule has 96 valence electrons. The molecule has 2 N–H and O–H groups in total. The smallest absolute Gasteiger partial charge is 0.213 e. The summed E-state index contributed by atoms with van der Waals surface area (Å²) in [4.78, 5) is 0. The van der Waals surface area contributed by atoms with Crippen molar-refractivity contribution < 1.29 is 18.3 Å². The molecule has 16 heavy (non-hydrogen) atoms. The number of nitrogens with one attached hydrogen (secondary N) is 1. The molecule has 2 unspecified atom stereocenters. The monoisotopic (exact) mass is 251 g/mol.